The number of nitrogens with one attached hydrogen (secondary N) is 1. The van der Waals surface area contributed by atoms with Crippen LogP contribution in [-0.4, -0.2) is 35.7 Å². The normalized spacial score (nSPS) is 19.0. The van der Waals surface area contributed by atoms with Crippen LogP contribution in [0, 0.1) is 12.8 Å². The van der Waals surface area contributed by atoms with E-state index in [0.29, 0.717) is 6.79 Å². The molecule has 3 aromatic rings. The Balaban J connectivity index is 1.34. The lowest BCUT2D eigenvalue weighted by Crippen LogP contribution is -2.43. The van der Waals surface area contributed by atoms with Crippen molar-refractivity contribution in [2.45, 2.75) is 32.4 Å². The summed E-state index contributed by atoms with van der Waals surface area (Å²) in [5, 5.41) is 5.21. The van der Waals surface area contributed by atoms with Gasteiger partial charge in [0.05, 0.1) is 16.6 Å². The fraction of sp³-hybridized carbons (Fsp3) is 0.360. The summed E-state index contributed by atoms with van der Waals surface area (Å²) in [6.07, 6.45) is 3.95. The highest BCUT2D eigenvalue weighted by Gasteiger charge is 2.31. The second-order valence-corrected chi connectivity index (χ2v) is 9.40. The monoisotopic (exact) mass is 449 g/mol. The Morgan fingerprint density at radius 1 is 1.25 bits per heavy atom. The molecule has 2 aliphatic rings. The summed E-state index contributed by atoms with van der Waals surface area (Å²) in [5.74, 6) is 1.92. The van der Waals surface area contributed by atoms with Gasteiger partial charge < -0.3 is 14.8 Å². The maximum Gasteiger partial charge on any atom is 0.261 e. The number of nitrogens with zero attached hydrogens (tertiary/aromatic N) is 2. The number of aryl methyl sites for hydroxylation is 1. The minimum absolute atomic E-state index is 0.0283. The number of amides is 1. The number of pyridine rings is 1. The highest BCUT2D eigenvalue weighted by Crippen LogP contribution is 2.36. The standard InChI is InChI=1S/C25H27N3O3S/c1-17-12-21-22(31-16-30-21)13-19(17)15-28-10-4-6-18(14-28)24(20-7-2-3-9-26-20)27-25(29)23-8-5-11-32-23/h2-3,5,7-9,11-13,18,24H,4,6,10,14-16H2,1H3,(H,27,29). The van der Waals surface area contributed by atoms with Gasteiger partial charge in [-0.15, -0.1) is 11.3 Å². The van der Waals surface area contributed by atoms with Gasteiger partial charge in [0.1, 0.15) is 0 Å². The van der Waals surface area contributed by atoms with Gasteiger partial charge in [0.15, 0.2) is 11.5 Å². The van der Waals surface area contributed by atoms with Crippen molar-refractivity contribution in [3.8, 4) is 11.5 Å². The average Bonchev–Trinajstić information content (AvgIpc) is 3.50. The summed E-state index contributed by atoms with van der Waals surface area (Å²) < 4.78 is 11.1. The minimum Gasteiger partial charge on any atom is -0.454 e. The lowest BCUT2D eigenvalue weighted by molar-refractivity contribution is 0.0879. The van der Waals surface area contributed by atoms with Crippen molar-refractivity contribution in [3.63, 3.8) is 0 Å². The number of hydrogen-bond donors (Lipinski definition) is 1. The van der Waals surface area contributed by atoms with E-state index in [1.807, 2.05) is 35.7 Å². The molecule has 6 nitrogen and oxygen atoms in total. The van der Waals surface area contributed by atoms with Crippen LogP contribution in [0.25, 0.3) is 0 Å². The van der Waals surface area contributed by atoms with Crippen molar-refractivity contribution < 1.29 is 14.3 Å². The molecule has 2 unspecified atom stereocenters. The van der Waals surface area contributed by atoms with E-state index in [4.69, 9.17) is 9.47 Å². The molecule has 1 amide bonds. The predicted octanol–water partition coefficient (Wildman–Crippen LogP) is 4.56. The molecular formula is C25H27N3O3S. The molecule has 1 N–H and O–H groups in total. The van der Waals surface area contributed by atoms with Gasteiger partial charge in [-0.3, -0.25) is 14.7 Å². The van der Waals surface area contributed by atoms with Gasteiger partial charge >= 0.3 is 0 Å². The molecule has 32 heavy (non-hydrogen) atoms. The number of fused-ring (bicyclic) bond motifs is 1. The summed E-state index contributed by atoms with van der Waals surface area (Å²) in [6.45, 7) is 5.21. The van der Waals surface area contributed by atoms with Crippen LogP contribution in [0.2, 0.25) is 0 Å². The maximum absolute atomic E-state index is 12.9. The van der Waals surface area contributed by atoms with Crippen molar-refractivity contribution in [3.05, 3.63) is 75.7 Å². The zero-order valence-corrected chi connectivity index (χ0v) is 18.9. The van der Waals surface area contributed by atoms with Crippen LogP contribution in [0.3, 0.4) is 0 Å². The van der Waals surface area contributed by atoms with Gasteiger partial charge in [-0.05, 0) is 79.1 Å². The first-order chi connectivity index (χ1) is 15.7. The minimum atomic E-state index is -0.119. The predicted molar refractivity (Wildman–Crippen MR) is 124 cm³/mol. The molecule has 0 spiro atoms. The number of carbonyl (C=O) groups is 1. The van der Waals surface area contributed by atoms with E-state index in [1.54, 1.807) is 6.20 Å². The zero-order valence-electron chi connectivity index (χ0n) is 18.1. The van der Waals surface area contributed by atoms with E-state index >= 15 is 0 Å². The van der Waals surface area contributed by atoms with Crippen LogP contribution in [0.5, 0.6) is 11.5 Å². The van der Waals surface area contributed by atoms with Crippen LogP contribution in [0.15, 0.2) is 54.0 Å². The Bertz CT molecular complexity index is 1070. The molecule has 1 fully saturated rings. The molecule has 2 aliphatic heterocycles. The molecule has 0 radical (unpaired) electrons. The highest BCUT2D eigenvalue weighted by atomic mass is 32.1. The number of rotatable bonds is 6. The number of hydrogen-bond acceptors (Lipinski definition) is 6. The van der Waals surface area contributed by atoms with Crippen molar-refractivity contribution in [1.82, 2.24) is 15.2 Å². The Kier molecular flexibility index (Phi) is 6.10. The first-order valence-electron chi connectivity index (χ1n) is 11.0. The Labute approximate surface area is 192 Å². The third-order valence-corrected chi connectivity index (χ3v) is 7.15. The molecule has 1 aromatic carbocycles. The topological polar surface area (TPSA) is 63.7 Å². The van der Waals surface area contributed by atoms with E-state index < -0.39 is 0 Å². The fourth-order valence-corrected chi connectivity index (χ4v) is 5.24. The molecule has 166 valence electrons. The number of aromatic nitrogens is 1. The Morgan fingerprint density at radius 2 is 2.12 bits per heavy atom. The molecule has 0 bridgehead atoms. The van der Waals surface area contributed by atoms with Crippen molar-refractivity contribution in [1.29, 1.82) is 0 Å². The molecule has 0 saturated carbocycles. The van der Waals surface area contributed by atoms with Gasteiger partial charge in [0.2, 0.25) is 6.79 Å². The molecule has 7 heteroatoms. The summed E-state index contributed by atoms with van der Waals surface area (Å²) in [5.41, 5.74) is 3.39. The first-order valence-corrected chi connectivity index (χ1v) is 11.9. The Morgan fingerprint density at radius 3 is 2.91 bits per heavy atom. The number of piperidine rings is 1. The number of benzene rings is 1. The molecule has 2 aromatic heterocycles. The van der Waals surface area contributed by atoms with Crippen LogP contribution < -0.4 is 14.8 Å². The SMILES string of the molecule is Cc1cc2c(cc1CN1CCCC(C(NC(=O)c3cccs3)c3ccccn3)C1)OCO2. The van der Waals surface area contributed by atoms with Gasteiger partial charge in [-0.2, -0.15) is 0 Å². The van der Waals surface area contributed by atoms with Crippen LogP contribution in [0.4, 0.5) is 0 Å². The lowest BCUT2D eigenvalue weighted by Gasteiger charge is -2.37. The van der Waals surface area contributed by atoms with Crippen molar-refractivity contribution in [2.75, 3.05) is 19.9 Å². The fourth-order valence-electron chi connectivity index (χ4n) is 4.62. The second kappa shape index (κ2) is 9.30. The molecular weight excluding hydrogens is 422 g/mol. The van der Waals surface area contributed by atoms with E-state index in [0.717, 1.165) is 54.5 Å². The Hall–Kier alpha value is -2.90. The number of thiophene rings is 1. The first kappa shape index (κ1) is 21.0. The van der Waals surface area contributed by atoms with E-state index in [9.17, 15) is 4.79 Å². The molecule has 4 heterocycles. The number of likely N-dealkylation sites (tertiary alicyclic amines) is 1. The quantitative estimate of drug-likeness (QED) is 0.598. The molecule has 0 aliphatic carbocycles. The van der Waals surface area contributed by atoms with Crippen LogP contribution in [0.1, 0.15) is 45.4 Å². The highest BCUT2D eigenvalue weighted by molar-refractivity contribution is 7.12. The van der Waals surface area contributed by atoms with Crippen molar-refractivity contribution in [2.24, 2.45) is 5.92 Å². The van der Waals surface area contributed by atoms with Crippen LogP contribution in [-0.2, 0) is 6.54 Å². The van der Waals surface area contributed by atoms with Crippen molar-refractivity contribution >= 4 is 17.2 Å². The summed E-state index contributed by atoms with van der Waals surface area (Å²) >= 11 is 1.46. The smallest absolute Gasteiger partial charge is 0.261 e. The third-order valence-electron chi connectivity index (χ3n) is 6.28. The van der Waals surface area contributed by atoms with E-state index in [2.05, 4.69) is 34.3 Å². The summed E-state index contributed by atoms with van der Waals surface area (Å²) in [7, 11) is 0. The number of carbonyl (C=O) groups excluding carboxylic acids is 1. The maximum atomic E-state index is 12.9. The van der Waals surface area contributed by atoms with E-state index in [-0.39, 0.29) is 17.9 Å². The zero-order chi connectivity index (χ0) is 21.9. The van der Waals surface area contributed by atoms with Crippen LogP contribution >= 0.6 is 11.3 Å². The molecule has 1 saturated heterocycles. The largest absolute Gasteiger partial charge is 0.454 e. The summed E-state index contributed by atoms with van der Waals surface area (Å²) in [6, 6.07) is 13.7. The molecule has 5 rings (SSSR count). The van der Waals surface area contributed by atoms with E-state index in [1.165, 1.54) is 22.5 Å². The average molecular weight is 450 g/mol. The van der Waals surface area contributed by atoms with Gasteiger partial charge in [0.25, 0.3) is 5.91 Å². The number of ether oxygens (including phenoxy) is 2. The lowest BCUT2D eigenvalue weighted by atomic mass is 9.88. The van der Waals surface area contributed by atoms with Gasteiger partial charge in [-0.1, -0.05) is 12.1 Å². The summed E-state index contributed by atoms with van der Waals surface area (Å²) in [4.78, 5) is 20.7. The molecule has 2 atom stereocenters. The second-order valence-electron chi connectivity index (χ2n) is 8.45. The van der Waals surface area contributed by atoms with Gasteiger partial charge in [-0.25, -0.2) is 0 Å². The van der Waals surface area contributed by atoms with Gasteiger partial charge in [0, 0.05) is 19.3 Å². The third kappa shape index (κ3) is 4.49.